The van der Waals surface area contributed by atoms with Gasteiger partial charge in [0.05, 0.1) is 0 Å². The van der Waals surface area contributed by atoms with Crippen molar-refractivity contribution in [2.45, 2.75) is 77.6 Å². The van der Waals surface area contributed by atoms with Gasteiger partial charge in [-0.25, -0.2) is 0 Å². The zero-order chi connectivity index (χ0) is 14.6. The molecular formula is C17H32ClNO. The van der Waals surface area contributed by atoms with E-state index in [9.17, 15) is 4.79 Å². The molecule has 0 saturated carbocycles. The number of alkyl halides is 1. The van der Waals surface area contributed by atoms with Crippen LogP contribution >= 0.6 is 11.6 Å². The zero-order valence-corrected chi connectivity index (χ0v) is 14.0. The summed E-state index contributed by atoms with van der Waals surface area (Å²) in [7, 11) is 0. The van der Waals surface area contributed by atoms with Crippen LogP contribution in [0.4, 0.5) is 0 Å². The number of hydrogen-bond donors (Lipinski definition) is 0. The fourth-order valence-electron chi connectivity index (χ4n) is 2.96. The maximum Gasteiger partial charge on any atom is 0.222 e. The molecule has 0 spiro atoms. The van der Waals surface area contributed by atoms with Crippen molar-refractivity contribution in [1.29, 1.82) is 0 Å². The fraction of sp³-hybridized carbons (Fsp3) is 0.941. The van der Waals surface area contributed by atoms with Crippen molar-refractivity contribution in [2.75, 3.05) is 19.0 Å². The quantitative estimate of drug-likeness (QED) is 0.367. The number of rotatable bonds is 12. The Morgan fingerprint density at radius 2 is 1.55 bits per heavy atom. The van der Waals surface area contributed by atoms with E-state index >= 15 is 0 Å². The van der Waals surface area contributed by atoms with E-state index in [0.29, 0.717) is 24.1 Å². The summed E-state index contributed by atoms with van der Waals surface area (Å²) in [6.07, 6.45) is 14.1. The Labute approximate surface area is 130 Å². The lowest BCUT2D eigenvalue weighted by molar-refractivity contribution is -0.127. The molecule has 1 amide bonds. The Bertz CT molecular complexity index is 257. The van der Waals surface area contributed by atoms with E-state index in [-0.39, 0.29) is 0 Å². The van der Waals surface area contributed by atoms with Crippen LogP contribution in [-0.4, -0.2) is 29.8 Å². The third kappa shape index (κ3) is 7.52. The first kappa shape index (κ1) is 17.8. The summed E-state index contributed by atoms with van der Waals surface area (Å²) in [5.41, 5.74) is 0. The fourth-order valence-corrected chi connectivity index (χ4v) is 3.17. The van der Waals surface area contributed by atoms with Gasteiger partial charge in [-0.3, -0.25) is 4.79 Å². The van der Waals surface area contributed by atoms with E-state index in [0.717, 1.165) is 19.5 Å². The lowest BCUT2D eigenvalue weighted by Gasteiger charge is -2.15. The first-order valence-corrected chi connectivity index (χ1v) is 9.15. The molecule has 3 heteroatoms. The van der Waals surface area contributed by atoms with Gasteiger partial charge in [0, 0.05) is 25.4 Å². The van der Waals surface area contributed by atoms with Gasteiger partial charge in [0.25, 0.3) is 0 Å². The maximum atomic E-state index is 11.7. The van der Waals surface area contributed by atoms with Crippen molar-refractivity contribution < 1.29 is 4.79 Å². The Hall–Kier alpha value is -0.240. The topological polar surface area (TPSA) is 20.3 Å². The second-order valence-electron chi connectivity index (χ2n) is 6.25. The number of carbonyl (C=O) groups excluding carboxylic acids is 1. The Morgan fingerprint density at radius 3 is 2.05 bits per heavy atom. The molecular weight excluding hydrogens is 270 g/mol. The summed E-state index contributed by atoms with van der Waals surface area (Å²) in [5.74, 6) is 1.33. The van der Waals surface area contributed by atoms with Gasteiger partial charge in [-0.15, -0.1) is 11.6 Å². The first-order valence-electron chi connectivity index (χ1n) is 8.61. The van der Waals surface area contributed by atoms with Crippen LogP contribution in [0.5, 0.6) is 0 Å². The average molecular weight is 302 g/mol. The van der Waals surface area contributed by atoms with E-state index in [4.69, 9.17) is 11.6 Å². The summed E-state index contributed by atoms with van der Waals surface area (Å²) in [6, 6.07) is 0. The summed E-state index contributed by atoms with van der Waals surface area (Å²) in [4.78, 5) is 13.7. The van der Waals surface area contributed by atoms with Crippen LogP contribution in [0.2, 0.25) is 0 Å². The standard InChI is InChI=1S/C17H32ClNO/c1-2-3-4-5-6-7-8-9-10-11-12-19-15-16(14-18)13-17(19)20/h16H,2-15H2,1H3. The summed E-state index contributed by atoms with van der Waals surface area (Å²) in [5, 5.41) is 0. The van der Waals surface area contributed by atoms with Crippen molar-refractivity contribution in [3.63, 3.8) is 0 Å². The predicted octanol–water partition coefficient (Wildman–Crippen LogP) is 4.99. The molecule has 0 N–H and O–H groups in total. The highest BCUT2D eigenvalue weighted by Crippen LogP contribution is 2.19. The number of hydrogen-bond acceptors (Lipinski definition) is 1. The highest BCUT2D eigenvalue weighted by molar-refractivity contribution is 6.18. The van der Waals surface area contributed by atoms with Crippen molar-refractivity contribution in [1.82, 2.24) is 4.90 Å². The van der Waals surface area contributed by atoms with E-state index in [1.807, 2.05) is 4.90 Å². The SMILES string of the molecule is CCCCCCCCCCCCN1CC(CCl)CC1=O. The Balaban J connectivity index is 1.86. The van der Waals surface area contributed by atoms with Crippen LogP contribution < -0.4 is 0 Å². The van der Waals surface area contributed by atoms with Crippen molar-refractivity contribution in [3.8, 4) is 0 Å². The van der Waals surface area contributed by atoms with E-state index in [2.05, 4.69) is 6.92 Å². The van der Waals surface area contributed by atoms with Crippen LogP contribution in [-0.2, 0) is 4.79 Å². The largest absolute Gasteiger partial charge is 0.342 e. The minimum atomic E-state index is 0.312. The van der Waals surface area contributed by atoms with Gasteiger partial charge >= 0.3 is 0 Å². The molecule has 1 heterocycles. The predicted molar refractivity (Wildman–Crippen MR) is 87.3 cm³/mol. The van der Waals surface area contributed by atoms with Crippen LogP contribution in [0, 0.1) is 5.92 Å². The van der Waals surface area contributed by atoms with Gasteiger partial charge in [0.15, 0.2) is 0 Å². The van der Waals surface area contributed by atoms with Crippen LogP contribution in [0.15, 0.2) is 0 Å². The van der Waals surface area contributed by atoms with Crippen molar-refractivity contribution >= 4 is 17.5 Å². The summed E-state index contributed by atoms with van der Waals surface area (Å²) in [6.45, 7) is 4.10. The molecule has 0 aliphatic carbocycles. The van der Waals surface area contributed by atoms with Crippen molar-refractivity contribution in [2.24, 2.45) is 5.92 Å². The monoisotopic (exact) mass is 301 g/mol. The molecule has 1 aliphatic rings. The minimum absolute atomic E-state index is 0.312. The first-order chi connectivity index (χ1) is 9.77. The van der Waals surface area contributed by atoms with Gasteiger partial charge in [-0.1, -0.05) is 64.7 Å². The normalized spacial score (nSPS) is 19.0. The molecule has 118 valence electrons. The molecule has 0 aromatic carbocycles. The number of amides is 1. The Kier molecular flexibility index (Phi) is 10.2. The number of likely N-dealkylation sites (tertiary alicyclic amines) is 1. The maximum absolute atomic E-state index is 11.7. The molecule has 20 heavy (non-hydrogen) atoms. The number of halogens is 1. The third-order valence-corrected chi connectivity index (χ3v) is 4.73. The highest BCUT2D eigenvalue weighted by atomic mass is 35.5. The molecule has 0 aromatic rings. The van der Waals surface area contributed by atoms with E-state index in [1.54, 1.807) is 0 Å². The number of nitrogens with zero attached hydrogens (tertiary/aromatic N) is 1. The van der Waals surface area contributed by atoms with Crippen LogP contribution in [0.1, 0.15) is 77.6 Å². The molecule has 1 saturated heterocycles. The second kappa shape index (κ2) is 11.4. The molecule has 1 atom stereocenters. The Morgan fingerprint density at radius 1 is 1.00 bits per heavy atom. The van der Waals surface area contributed by atoms with Crippen LogP contribution in [0.25, 0.3) is 0 Å². The second-order valence-corrected chi connectivity index (χ2v) is 6.55. The van der Waals surface area contributed by atoms with Gasteiger partial charge in [0.2, 0.25) is 5.91 Å². The zero-order valence-electron chi connectivity index (χ0n) is 13.2. The summed E-state index contributed by atoms with van der Waals surface area (Å²) < 4.78 is 0. The van der Waals surface area contributed by atoms with Crippen LogP contribution in [0.3, 0.4) is 0 Å². The van der Waals surface area contributed by atoms with Gasteiger partial charge in [-0.2, -0.15) is 0 Å². The van der Waals surface area contributed by atoms with E-state index in [1.165, 1.54) is 57.8 Å². The van der Waals surface area contributed by atoms with Gasteiger partial charge in [-0.05, 0) is 12.3 Å². The lowest BCUT2D eigenvalue weighted by atomic mass is 10.1. The van der Waals surface area contributed by atoms with Gasteiger partial charge < -0.3 is 4.90 Å². The molecule has 0 radical (unpaired) electrons. The average Bonchev–Trinajstić information content (AvgIpc) is 2.81. The smallest absolute Gasteiger partial charge is 0.222 e. The molecule has 2 nitrogen and oxygen atoms in total. The summed E-state index contributed by atoms with van der Waals surface area (Å²) >= 11 is 5.82. The number of carbonyl (C=O) groups is 1. The third-order valence-electron chi connectivity index (χ3n) is 4.29. The van der Waals surface area contributed by atoms with Crippen molar-refractivity contribution in [3.05, 3.63) is 0 Å². The molecule has 1 unspecified atom stereocenters. The number of unbranched alkanes of at least 4 members (excludes halogenated alkanes) is 9. The lowest BCUT2D eigenvalue weighted by Crippen LogP contribution is -2.26. The molecule has 0 bridgehead atoms. The minimum Gasteiger partial charge on any atom is -0.342 e. The molecule has 1 rings (SSSR count). The van der Waals surface area contributed by atoms with E-state index < -0.39 is 0 Å². The molecule has 1 aliphatic heterocycles. The molecule has 1 fully saturated rings. The molecule has 0 aromatic heterocycles. The highest BCUT2D eigenvalue weighted by Gasteiger charge is 2.27. The van der Waals surface area contributed by atoms with Gasteiger partial charge in [0.1, 0.15) is 0 Å².